The number of carbonyl (C=O) groups excluding carboxylic acids is 3. The number of amides is 3. The second-order valence-corrected chi connectivity index (χ2v) is 9.44. The van der Waals surface area contributed by atoms with Gasteiger partial charge < -0.3 is 32.5 Å². The van der Waals surface area contributed by atoms with Gasteiger partial charge in [-0.15, -0.1) is 0 Å². The van der Waals surface area contributed by atoms with Gasteiger partial charge in [-0.05, 0) is 36.8 Å². The Kier molecular flexibility index (Phi) is 13.0. The highest BCUT2D eigenvalue weighted by Gasteiger charge is 2.32. The Balaban J connectivity index is 3.02. The van der Waals surface area contributed by atoms with E-state index < -0.39 is 47.9 Å². The lowest BCUT2D eigenvalue weighted by molar-refractivity contribution is -0.143. The average Bonchev–Trinajstić information content (AvgIpc) is 2.80. The molecule has 0 aliphatic rings. The molecule has 0 aliphatic carbocycles. The van der Waals surface area contributed by atoms with Gasteiger partial charge in [0, 0.05) is 6.42 Å². The van der Waals surface area contributed by atoms with Gasteiger partial charge in [0.25, 0.3) is 0 Å². The molecule has 1 aromatic rings. The van der Waals surface area contributed by atoms with E-state index in [4.69, 9.17) is 11.5 Å². The summed E-state index contributed by atoms with van der Waals surface area (Å²) < 4.78 is 0. The summed E-state index contributed by atoms with van der Waals surface area (Å²) in [7, 11) is 0. The number of rotatable bonds is 15. The predicted molar refractivity (Wildman–Crippen MR) is 134 cm³/mol. The van der Waals surface area contributed by atoms with E-state index in [0.717, 1.165) is 12.0 Å². The van der Waals surface area contributed by atoms with E-state index in [0.29, 0.717) is 19.4 Å². The van der Waals surface area contributed by atoms with Crippen LogP contribution >= 0.6 is 0 Å². The first-order valence-electron chi connectivity index (χ1n) is 12.1. The molecule has 4 atom stereocenters. The number of hydrogen-bond donors (Lipinski definition) is 6. The van der Waals surface area contributed by atoms with Crippen LogP contribution in [0, 0.1) is 11.8 Å². The van der Waals surface area contributed by atoms with Crippen LogP contribution in [-0.2, 0) is 25.6 Å². The molecule has 1 rings (SSSR count). The van der Waals surface area contributed by atoms with Crippen molar-refractivity contribution in [3.63, 3.8) is 0 Å². The van der Waals surface area contributed by atoms with Gasteiger partial charge in [-0.3, -0.25) is 14.4 Å². The van der Waals surface area contributed by atoms with Crippen LogP contribution in [0.15, 0.2) is 30.3 Å². The zero-order chi connectivity index (χ0) is 26.5. The van der Waals surface area contributed by atoms with Crippen molar-refractivity contribution in [1.29, 1.82) is 0 Å². The molecule has 1 aromatic carbocycles. The molecule has 0 fully saturated rings. The van der Waals surface area contributed by atoms with Gasteiger partial charge in [0.2, 0.25) is 17.7 Å². The third-order valence-corrected chi connectivity index (χ3v) is 5.70. The van der Waals surface area contributed by atoms with E-state index in [1.54, 1.807) is 27.7 Å². The van der Waals surface area contributed by atoms with Crippen molar-refractivity contribution in [1.82, 2.24) is 16.0 Å². The van der Waals surface area contributed by atoms with Gasteiger partial charge in [-0.1, -0.05) is 64.4 Å². The first-order valence-corrected chi connectivity index (χ1v) is 12.1. The molecule has 0 heterocycles. The summed E-state index contributed by atoms with van der Waals surface area (Å²) in [5.74, 6) is -3.41. The lowest BCUT2D eigenvalue weighted by atomic mass is 9.99. The summed E-state index contributed by atoms with van der Waals surface area (Å²) in [5, 5.41) is 17.4. The molecule has 0 aliphatic heterocycles. The Morgan fingerprint density at radius 1 is 0.829 bits per heavy atom. The lowest BCUT2D eigenvalue weighted by Gasteiger charge is -2.27. The normalized spacial score (nSPS) is 14.6. The molecule has 0 aromatic heterocycles. The molecule has 35 heavy (non-hydrogen) atoms. The minimum Gasteiger partial charge on any atom is -0.480 e. The fraction of sp³-hybridized carbons (Fsp3) is 0.600. The van der Waals surface area contributed by atoms with Crippen LogP contribution in [0.2, 0.25) is 0 Å². The predicted octanol–water partition coefficient (Wildman–Crippen LogP) is 0.536. The summed E-state index contributed by atoms with van der Waals surface area (Å²) in [6, 6.07) is 5.23. The van der Waals surface area contributed by atoms with E-state index >= 15 is 0 Å². The number of hydrogen-bond acceptors (Lipinski definition) is 6. The molecular formula is C25H41N5O5. The monoisotopic (exact) mass is 491 g/mol. The smallest absolute Gasteiger partial charge is 0.326 e. The third kappa shape index (κ3) is 10.4. The summed E-state index contributed by atoms with van der Waals surface area (Å²) in [6.07, 6.45) is 2.04. The molecular weight excluding hydrogens is 450 g/mol. The topological polar surface area (TPSA) is 177 Å². The molecule has 10 nitrogen and oxygen atoms in total. The standard InChI is InChI=1S/C25H41N5O5/c1-15(2)20(29-22(31)18(27)12-8-9-13-26)24(33)28-19(14-17-10-6-5-7-11-17)23(32)30-21(16(3)4)25(34)35/h5-7,10-11,15-16,18-21H,8-9,12-14,26-27H2,1-4H3,(H,28,33)(H,29,31)(H,30,32)(H,34,35)/t18?,19-,20-,21-/m0/s1. The Hall–Kier alpha value is -2.98. The Morgan fingerprint density at radius 2 is 1.40 bits per heavy atom. The average molecular weight is 492 g/mol. The molecule has 10 heteroatoms. The molecule has 0 saturated heterocycles. The van der Waals surface area contributed by atoms with Crippen molar-refractivity contribution in [3.05, 3.63) is 35.9 Å². The number of nitrogens with one attached hydrogen (secondary N) is 3. The number of benzene rings is 1. The molecule has 1 unspecified atom stereocenters. The minimum absolute atomic E-state index is 0.153. The van der Waals surface area contributed by atoms with Gasteiger partial charge in [-0.2, -0.15) is 0 Å². The fourth-order valence-electron chi connectivity index (χ4n) is 3.52. The number of nitrogens with two attached hydrogens (primary N) is 2. The van der Waals surface area contributed by atoms with Gasteiger partial charge >= 0.3 is 5.97 Å². The van der Waals surface area contributed by atoms with E-state index in [9.17, 15) is 24.3 Å². The van der Waals surface area contributed by atoms with Crippen molar-refractivity contribution >= 4 is 23.7 Å². The molecule has 8 N–H and O–H groups in total. The SMILES string of the molecule is CC(C)[C@H](NC(=O)[C@H](Cc1ccccc1)NC(=O)[C@@H](NC(=O)C(N)CCCCN)C(C)C)C(=O)O. The highest BCUT2D eigenvalue weighted by Crippen LogP contribution is 2.09. The second-order valence-electron chi connectivity index (χ2n) is 9.44. The fourth-order valence-corrected chi connectivity index (χ4v) is 3.52. The van der Waals surface area contributed by atoms with E-state index in [2.05, 4.69) is 16.0 Å². The zero-order valence-corrected chi connectivity index (χ0v) is 21.1. The lowest BCUT2D eigenvalue weighted by Crippen LogP contribution is -2.59. The molecule has 3 amide bonds. The zero-order valence-electron chi connectivity index (χ0n) is 21.1. The molecule has 0 saturated carbocycles. The van der Waals surface area contributed by atoms with Crippen molar-refractivity contribution in [3.8, 4) is 0 Å². The maximum absolute atomic E-state index is 13.2. The number of unbranched alkanes of at least 4 members (excludes halogenated alkanes) is 1. The maximum Gasteiger partial charge on any atom is 0.326 e. The second kappa shape index (κ2) is 15.1. The number of carboxylic acid groups (broad SMARTS) is 1. The quantitative estimate of drug-likeness (QED) is 0.194. The minimum atomic E-state index is -1.16. The van der Waals surface area contributed by atoms with Gasteiger partial charge in [-0.25, -0.2) is 4.79 Å². The number of carbonyl (C=O) groups is 4. The van der Waals surface area contributed by atoms with Crippen LogP contribution in [0.25, 0.3) is 0 Å². The van der Waals surface area contributed by atoms with Crippen molar-refractivity contribution in [2.75, 3.05) is 6.54 Å². The van der Waals surface area contributed by atoms with Crippen LogP contribution in [0.3, 0.4) is 0 Å². The molecule has 196 valence electrons. The highest BCUT2D eigenvalue weighted by molar-refractivity contribution is 5.94. The number of aliphatic carboxylic acids is 1. The van der Waals surface area contributed by atoms with Crippen molar-refractivity contribution in [2.45, 2.75) is 77.5 Å². The van der Waals surface area contributed by atoms with Crippen molar-refractivity contribution < 1.29 is 24.3 Å². The van der Waals surface area contributed by atoms with Gasteiger partial charge in [0.15, 0.2) is 0 Å². The molecule has 0 radical (unpaired) electrons. The Morgan fingerprint density at radius 3 is 1.91 bits per heavy atom. The van der Waals surface area contributed by atoms with E-state index in [-0.39, 0.29) is 18.3 Å². The van der Waals surface area contributed by atoms with Gasteiger partial charge in [0.1, 0.15) is 18.1 Å². The summed E-state index contributed by atoms with van der Waals surface area (Å²) in [5.41, 5.74) is 12.2. The van der Waals surface area contributed by atoms with E-state index in [1.165, 1.54) is 0 Å². The Labute approximate surface area is 207 Å². The largest absolute Gasteiger partial charge is 0.480 e. The maximum atomic E-state index is 13.2. The van der Waals surface area contributed by atoms with Crippen LogP contribution in [0.1, 0.15) is 52.5 Å². The van der Waals surface area contributed by atoms with Crippen LogP contribution in [0.5, 0.6) is 0 Å². The van der Waals surface area contributed by atoms with Crippen LogP contribution in [0.4, 0.5) is 0 Å². The first kappa shape index (κ1) is 30.1. The van der Waals surface area contributed by atoms with Crippen molar-refractivity contribution in [2.24, 2.45) is 23.3 Å². The first-order chi connectivity index (χ1) is 16.5. The third-order valence-electron chi connectivity index (χ3n) is 5.70. The van der Waals surface area contributed by atoms with Crippen LogP contribution < -0.4 is 27.4 Å². The summed E-state index contributed by atoms with van der Waals surface area (Å²) >= 11 is 0. The van der Waals surface area contributed by atoms with Crippen LogP contribution in [-0.4, -0.2) is 59.5 Å². The summed E-state index contributed by atoms with van der Waals surface area (Å²) in [4.78, 5) is 50.4. The molecule has 0 spiro atoms. The van der Waals surface area contributed by atoms with E-state index in [1.807, 2.05) is 30.3 Å². The summed E-state index contributed by atoms with van der Waals surface area (Å²) in [6.45, 7) is 7.43. The highest BCUT2D eigenvalue weighted by atomic mass is 16.4. The van der Waals surface area contributed by atoms with Gasteiger partial charge in [0.05, 0.1) is 6.04 Å². The molecule has 0 bridgehead atoms. The number of carboxylic acids is 1. The Bertz CT molecular complexity index is 831.